The van der Waals surface area contributed by atoms with E-state index in [1.165, 1.54) is 0 Å². The van der Waals surface area contributed by atoms with Gasteiger partial charge in [-0.1, -0.05) is 10.3 Å². The molecule has 1 saturated carbocycles. The Balaban J connectivity index is 2.72. The van der Waals surface area contributed by atoms with Gasteiger partial charge < -0.3 is 10.4 Å². The van der Waals surface area contributed by atoms with E-state index in [-0.39, 0.29) is 5.92 Å². The Morgan fingerprint density at radius 3 is 2.82 bits per heavy atom. The van der Waals surface area contributed by atoms with Crippen LogP contribution in [-0.2, 0) is 0 Å². The van der Waals surface area contributed by atoms with Gasteiger partial charge >= 0.3 is 0 Å². The van der Waals surface area contributed by atoms with Gasteiger partial charge in [-0.3, -0.25) is 0 Å². The third kappa shape index (κ3) is 1.50. The van der Waals surface area contributed by atoms with Crippen molar-refractivity contribution in [2.24, 2.45) is 16.2 Å². The molecule has 1 fully saturated rings. The van der Waals surface area contributed by atoms with E-state index in [1.807, 2.05) is 0 Å². The molecule has 1 atom stereocenters. The second-order valence-electron chi connectivity index (χ2n) is 2.78. The van der Waals surface area contributed by atoms with E-state index in [1.54, 1.807) is 6.92 Å². The van der Waals surface area contributed by atoms with Crippen LogP contribution in [0.2, 0.25) is 0 Å². The number of nitrogens with zero attached hydrogens (tertiary/aromatic N) is 2. The third-order valence-corrected chi connectivity index (χ3v) is 2.12. The Labute approximate surface area is 65.2 Å². The van der Waals surface area contributed by atoms with Gasteiger partial charge in [0.1, 0.15) is 0 Å². The summed E-state index contributed by atoms with van der Waals surface area (Å²) in [5, 5.41) is 23.2. The zero-order valence-corrected chi connectivity index (χ0v) is 6.49. The molecule has 1 rings (SSSR count). The fourth-order valence-corrected chi connectivity index (χ4v) is 1.47. The lowest BCUT2D eigenvalue weighted by atomic mass is 10.0. The Hall–Kier alpha value is -1.06. The first-order chi connectivity index (χ1) is 5.29. The van der Waals surface area contributed by atoms with Crippen LogP contribution >= 0.6 is 0 Å². The average molecular weight is 156 g/mol. The predicted molar refractivity (Wildman–Crippen MR) is 41.5 cm³/mol. The third-order valence-electron chi connectivity index (χ3n) is 2.12. The molecule has 0 aliphatic heterocycles. The van der Waals surface area contributed by atoms with E-state index in [2.05, 4.69) is 10.3 Å². The molecule has 0 bridgehead atoms. The highest BCUT2D eigenvalue weighted by Gasteiger charge is 2.25. The maximum atomic E-state index is 8.53. The summed E-state index contributed by atoms with van der Waals surface area (Å²) in [6.07, 6.45) is 2.75. The summed E-state index contributed by atoms with van der Waals surface area (Å²) >= 11 is 0. The van der Waals surface area contributed by atoms with Crippen LogP contribution in [0.5, 0.6) is 0 Å². The molecule has 0 amide bonds. The van der Waals surface area contributed by atoms with Gasteiger partial charge in [-0.15, -0.1) is 0 Å². The molecule has 1 unspecified atom stereocenters. The normalized spacial score (nSPS) is 29.7. The van der Waals surface area contributed by atoms with E-state index in [9.17, 15) is 0 Å². The minimum Gasteiger partial charge on any atom is -0.411 e. The van der Waals surface area contributed by atoms with Crippen LogP contribution < -0.4 is 0 Å². The minimum atomic E-state index is 0.0602. The SMILES string of the molecule is C/C(=N\O)C1CCC/C1=N\O. The topological polar surface area (TPSA) is 65.2 Å². The molecule has 1 aliphatic rings. The smallest absolute Gasteiger partial charge is 0.0658 e. The quantitative estimate of drug-likeness (QED) is 0.343. The Bertz CT molecular complexity index is 199. The fraction of sp³-hybridized carbons (Fsp3) is 0.714. The van der Waals surface area contributed by atoms with Crippen molar-refractivity contribution in [1.82, 2.24) is 0 Å². The van der Waals surface area contributed by atoms with Crippen LogP contribution in [0.3, 0.4) is 0 Å². The summed E-state index contributed by atoms with van der Waals surface area (Å²) in [4.78, 5) is 0. The summed E-state index contributed by atoms with van der Waals surface area (Å²) in [7, 11) is 0. The summed E-state index contributed by atoms with van der Waals surface area (Å²) in [6, 6.07) is 0. The predicted octanol–water partition coefficient (Wildman–Crippen LogP) is 1.47. The van der Waals surface area contributed by atoms with Crippen molar-refractivity contribution in [2.75, 3.05) is 0 Å². The van der Waals surface area contributed by atoms with Crippen LogP contribution in [0.15, 0.2) is 10.3 Å². The summed E-state index contributed by atoms with van der Waals surface area (Å²) in [5.74, 6) is 0.0602. The molecule has 0 saturated heterocycles. The maximum Gasteiger partial charge on any atom is 0.0658 e. The van der Waals surface area contributed by atoms with Crippen LogP contribution in [0, 0.1) is 5.92 Å². The first-order valence-electron chi connectivity index (χ1n) is 3.69. The molecule has 4 heteroatoms. The highest BCUT2D eigenvalue weighted by molar-refractivity contribution is 6.07. The van der Waals surface area contributed by atoms with Gasteiger partial charge in [0, 0.05) is 5.92 Å². The lowest BCUT2D eigenvalue weighted by Crippen LogP contribution is -2.15. The molecule has 2 N–H and O–H groups in total. The summed E-state index contributed by atoms with van der Waals surface area (Å²) < 4.78 is 0. The average Bonchev–Trinajstić information content (AvgIpc) is 2.50. The second-order valence-corrected chi connectivity index (χ2v) is 2.78. The monoisotopic (exact) mass is 156 g/mol. The van der Waals surface area contributed by atoms with Gasteiger partial charge in [0.15, 0.2) is 0 Å². The maximum absolute atomic E-state index is 8.53. The van der Waals surface area contributed by atoms with Crippen molar-refractivity contribution in [1.29, 1.82) is 0 Å². The van der Waals surface area contributed by atoms with Gasteiger partial charge in [0.25, 0.3) is 0 Å². The molecule has 0 spiro atoms. The number of hydrogen-bond acceptors (Lipinski definition) is 4. The Kier molecular flexibility index (Phi) is 2.46. The fourth-order valence-electron chi connectivity index (χ4n) is 1.47. The van der Waals surface area contributed by atoms with Crippen molar-refractivity contribution in [3.63, 3.8) is 0 Å². The molecular weight excluding hydrogens is 144 g/mol. The Morgan fingerprint density at radius 2 is 2.27 bits per heavy atom. The zero-order chi connectivity index (χ0) is 8.27. The van der Waals surface area contributed by atoms with E-state index < -0.39 is 0 Å². The van der Waals surface area contributed by atoms with Gasteiger partial charge in [0.05, 0.1) is 11.4 Å². The van der Waals surface area contributed by atoms with Crippen LogP contribution in [0.25, 0.3) is 0 Å². The first kappa shape index (κ1) is 8.04. The molecule has 0 radical (unpaired) electrons. The lowest BCUT2D eigenvalue weighted by molar-refractivity contribution is 0.312. The van der Waals surface area contributed by atoms with Crippen molar-refractivity contribution < 1.29 is 10.4 Å². The number of oxime groups is 2. The molecule has 1 aliphatic carbocycles. The van der Waals surface area contributed by atoms with Crippen molar-refractivity contribution in [3.05, 3.63) is 0 Å². The highest BCUT2D eigenvalue weighted by Crippen LogP contribution is 2.23. The van der Waals surface area contributed by atoms with Crippen LogP contribution in [0.1, 0.15) is 26.2 Å². The van der Waals surface area contributed by atoms with Crippen molar-refractivity contribution in [3.8, 4) is 0 Å². The lowest BCUT2D eigenvalue weighted by Gasteiger charge is -2.05. The van der Waals surface area contributed by atoms with Crippen LogP contribution in [0.4, 0.5) is 0 Å². The summed E-state index contributed by atoms with van der Waals surface area (Å²) in [5.41, 5.74) is 1.37. The standard InChI is InChI=1S/C7H12N2O2/c1-5(8-10)6-3-2-4-7(6)9-11/h6,10-11H,2-4H2,1H3/b8-5+,9-7+. The van der Waals surface area contributed by atoms with E-state index in [4.69, 9.17) is 10.4 Å². The molecular formula is C7H12N2O2. The minimum absolute atomic E-state index is 0.0602. The van der Waals surface area contributed by atoms with E-state index in [0.717, 1.165) is 25.0 Å². The molecule has 0 aromatic carbocycles. The molecule has 11 heavy (non-hydrogen) atoms. The summed E-state index contributed by atoms with van der Waals surface area (Å²) in [6.45, 7) is 1.74. The number of rotatable bonds is 1. The zero-order valence-electron chi connectivity index (χ0n) is 6.49. The van der Waals surface area contributed by atoms with Gasteiger partial charge in [-0.2, -0.15) is 0 Å². The largest absolute Gasteiger partial charge is 0.411 e. The van der Waals surface area contributed by atoms with Crippen LogP contribution in [-0.4, -0.2) is 21.8 Å². The molecule has 0 aromatic rings. The van der Waals surface area contributed by atoms with Gasteiger partial charge in [-0.25, -0.2) is 0 Å². The first-order valence-corrected chi connectivity index (χ1v) is 3.69. The molecule has 62 valence electrons. The van der Waals surface area contributed by atoms with Gasteiger partial charge in [-0.05, 0) is 26.2 Å². The Morgan fingerprint density at radius 1 is 1.55 bits per heavy atom. The van der Waals surface area contributed by atoms with Crippen molar-refractivity contribution >= 4 is 11.4 Å². The highest BCUT2D eigenvalue weighted by atomic mass is 16.4. The second kappa shape index (κ2) is 3.37. The molecule has 0 aromatic heterocycles. The molecule has 0 heterocycles. The van der Waals surface area contributed by atoms with E-state index >= 15 is 0 Å². The van der Waals surface area contributed by atoms with E-state index in [0.29, 0.717) is 5.71 Å². The molecule has 4 nitrogen and oxygen atoms in total. The van der Waals surface area contributed by atoms with Crippen molar-refractivity contribution in [2.45, 2.75) is 26.2 Å². The van der Waals surface area contributed by atoms with Gasteiger partial charge in [0.2, 0.25) is 0 Å². The number of hydrogen-bond donors (Lipinski definition) is 2.